The van der Waals surface area contributed by atoms with Crippen LogP contribution in [0.3, 0.4) is 0 Å². The Kier molecular flexibility index (Phi) is 5.02. The van der Waals surface area contributed by atoms with Gasteiger partial charge in [-0.25, -0.2) is 4.39 Å². The molecule has 2 amide bonds. The Bertz CT molecular complexity index is 750. The number of carbonyl (C=O) groups is 2. The second-order valence-electron chi connectivity index (χ2n) is 8.33. The first-order chi connectivity index (χ1) is 13.0. The lowest BCUT2D eigenvalue weighted by Gasteiger charge is -2.33. The number of rotatable bonds is 2. The first-order valence-electron chi connectivity index (χ1n) is 10.0. The number of carbonyl (C=O) groups excluding carboxylic acids is 2. The molecule has 3 aliphatic rings. The molecule has 2 heterocycles. The summed E-state index contributed by atoms with van der Waals surface area (Å²) in [6.07, 6.45) is 5.99. The summed E-state index contributed by atoms with van der Waals surface area (Å²) in [5.74, 6) is 1.13. The van der Waals surface area contributed by atoms with Crippen LogP contribution in [0.1, 0.15) is 43.0 Å². The topological polar surface area (TPSA) is 40.6 Å². The molecule has 1 aromatic carbocycles. The van der Waals surface area contributed by atoms with Crippen molar-refractivity contribution in [1.82, 2.24) is 9.80 Å². The minimum Gasteiger partial charge on any atom is -0.342 e. The van der Waals surface area contributed by atoms with Crippen molar-refractivity contribution in [3.05, 3.63) is 47.3 Å². The number of halogens is 1. The van der Waals surface area contributed by atoms with Crippen LogP contribution in [0.2, 0.25) is 0 Å². The van der Waals surface area contributed by atoms with E-state index in [1.807, 2.05) is 0 Å². The van der Waals surface area contributed by atoms with Gasteiger partial charge in [-0.1, -0.05) is 11.6 Å². The molecule has 4 rings (SSSR count). The predicted octanol–water partition coefficient (Wildman–Crippen LogP) is 3.49. The summed E-state index contributed by atoms with van der Waals surface area (Å²) in [5, 5.41) is 0. The molecule has 1 aromatic rings. The van der Waals surface area contributed by atoms with E-state index in [1.54, 1.807) is 4.90 Å². The third-order valence-electron chi connectivity index (χ3n) is 6.46. The number of piperidine rings is 1. The van der Waals surface area contributed by atoms with Crippen LogP contribution in [-0.2, 0) is 4.79 Å². The molecule has 5 heteroatoms. The Morgan fingerprint density at radius 2 is 1.67 bits per heavy atom. The second-order valence-corrected chi connectivity index (χ2v) is 8.33. The van der Waals surface area contributed by atoms with Crippen molar-refractivity contribution in [2.75, 3.05) is 26.2 Å². The van der Waals surface area contributed by atoms with Gasteiger partial charge in [0.2, 0.25) is 5.91 Å². The number of amides is 2. The number of fused-ring (bicyclic) bond motifs is 1. The van der Waals surface area contributed by atoms with E-state index < -0.39 is 0 Å². The van der Waals surface area contributed by atoms with E-state index >= 15 is 0 Å². The average Bonchev–Trinajstić information content (AvgIpc) is 3.11. The molecule has 2 fully saturated rings. The number of hydrogen-bond donors (Lipinski definition) is 0. The van der Waals surface area contributed by atoms with Crippen LogP contribution in [0.25, 0.3) is 0 Å². The minimum atomic E-state index is -0.340. The van der Waals surface area contributed by atoms with Crippen molar-refractivity contribution >= 4 is 11.8 Å². The van der Waals surface area contributed by atoms with Gasteiger partial charge in [0.15, 0.2) is 0 Å². The highest BCUT2D eigenvalue weighted by Gasteiger charge is 2.39. The smallest absolute Gasteiger partial charge is 0.253 e. The number of likely N-dealkylation sites (tertiary alicyclic amines) is 2. The zero-order valence-electron chi connectivity index (χ0n) is 15.9. The van der Waals surface area contributed by atoms with Crippen molar-refractivity contribution in [2.45, 2.75) is 32.6 Å². The number of benzene rings is 1. The van der Waals surface area contributed by atoms with Gasteiger partial charge in [0.25, 0.3) is 5.91 Å². The maximum atomic E-state index is 13.0. The molecular weight excluding hydrogens is 343 g/mol. The lowest BCUT2D eigenvalue weighted by atomic mass is 9.83. The summed E-state index contributed by atoms with van der Waals surface area (Å²) < 4.78 is 13.0. The van der Waals surface area contributed by atoms with Gasteiger partial charge in [-0.2, -0.15) is 0 Å². The fourth-order valence-corrected chi connectivity index (χ4v) is 4.83. The quantitative estimate of drug-likeness (QED) is 0.748. The first-order valence-corrected chi connectivity index (χ1v) is 10.0. The maximum Gasteiger partial charge on any atom is 0.253 e. The molecular formula is C22H27FN2O2. The SMILES string of the molecule is CC1=CCC2CN(C(=O)C3CCN(C(=O)c4ccc(F)cc4)CC3)CC2C1. The molecule has 0 aromatic heterocycles. The third kappa shape index (κ3) is 3.78. The van der Waals surface area contributed by atoms with Gasteiger partial charge in [-0.05, 0) is 68.7 Å². The molecule has 2 atom stereocenters. The van der Waals surface area contributed by atoms with E-state index in [1.165, 1.54) is 29.8 Å². The van der Waals surface area contributed by atoms with Gasteiger partial charge in [0, 0.05) is 37.7 Å². The van der Waals surface area contributed by atoms with Crippen LogP contribution in [0, 0.1) is 23.6 Å². The molecule has 0 bridgehead atoms. The Hall–Kier alpha value is -2.17. The zero-order chi connectivity index (χ0) is 19.0. The Morgan fingerprint density at radius 1 is 1.00 bits per heavy atom. The van der Waals surface area contributed by atoms with Gasteiger partial charge in [-0.3, -0.25) is 9.59 Å². The number of nitrogens with zero attached hydrogens (tertiary/aromatic N) is 2. The highest BCUT2D eigenvalue weighted by atomic mass is 19.1. The molecule has 0 saturated carbocycles. The van der Waals surface area contributed by atoms with Crippen molar-refractivity contribution in [3.63, 3.8) is 0 Å². The van der Waals surface area contributed by atoms with E-state index in [0.717, 1.165) is 38.8 Å². The Morgan fingerprint density at radius 3 is 2.37 bits per heavy atom. The summed E-state index contributed by atoms with van der Waals surface area (Å²) in [6, 6.07) is 5.67. The van der Waals surface area contributed by atoms with Crippen molar-refractivity contribution in [3.8, 4) is 0 Å². The molecule has 4 nitrogen and oxygen atoms in total. The summed E-state index contributed by atoms with van der Waals surface area (Å²) in [4.78, 5) is 29.4. The fourth-order valence-electron chi connectivity index (χ4n) is 4.83. The molecule has 2 unspecified atom stereocenters. The van der Waals surface area contributed by atoms with Crippen LogP contribution in [-0.4, -0.2) is 47.8 Å². The van der Waals surface area contributed by atoms with E-state index in [4.69, 9.17) is 0 Å². The average molecular weight is 370 g/mol. The standard InChI is InChI=1S/C22H27FN2O2/c1-15-2-3-18-13-25(14-19(18)12-15)22(27)17-8-10-24(11-9-17)21(26)16-4-6-20(23)7-5-16/h2,4-7,17-19H,3,8-14H2,1H3. The Labute approximate surface area is 160 Å². The van der Waals surface area contributed by atoms with E-state index in [9.17, 15) is 14.0 Å². The summed E-state index contributed by atoms with van der Waals surface area (Å²) in [5.41, 5.74) is 1.96. The molecule has 0 spiro atoms. The van der Waals surface area contributed by atoms with Crippen LogP contribution in [0.15, 0.2) is 35.9 Å². The van der Waals surface area contributed by atoms with Gasteiger partial charge < -0.3 is 9.80 Å². The highest BCUT2D eigenvalue weighted by Crippen LogP contribution is 2.36. The van der Waals surface area contributed by atoms with E-state index in [0.29, 0.717) is 30.5 Å². The summed E-state index contributed by atoms with van der Waals surface area (Å²) in [7, 11) is 0. The fraction of sp³-hybridized carbons (Fsp3) is 0.545. The van der Waals surface area contributed by atoms with Crippen LogP contribution < -0.4 is 0 Å². The van der Waals surface area contributed by atoms with Gasteiger partial charge in [0.1, 0.15) is 5.82 Å². The molecule has 2 saturated heterocycles. The number of allylic oxidation sites excluding steroid dienone is 2. The second kappa shape index (κ2) is 7.45. The van der Waals surface area contributed by atoms with Crippen molar-refractivity contribution in [2.24, 2.45) is 17.8 Å². The van der Waals surface area contributed by atoms with Gasteiger partial charge in [-0.15, -0.1) is 0 Å². The van der Waals surface area contributed by atoms with Gasteiger partial charge >= 0.3 is 0 Å². The first kappa shape index (κ1) is 18.2. The van der Waals surface area contributed by atoms with Crippen LogP contribution in [0.4, 0.5) is 4.39 Å². The largest absolute Gasteiger partial charge is 0.342 e. The zero-order valence-corrected chi connectivity index (χ0v) is 15.9. The predicted molar refractivity (Wildman–Crippen MR) is 102 cm³/mol. The monoisotopic (exact) mass is 370 g/mol. The molecule has 2 aliphatic heterocycles. The lowest BCUT2D eigenvalue weighted by Crippen LogP contribution is -2.44. The molecule has 1 aliphatic carbocycles. The van der Waals surface area contributed by atoms with E-state index in [-0.39, 0.29) is 23.5 Å². The highest BCUT2D eigenvalue weighted by molar-refractivity contribution is 5.94. The molecule has 0 radical (unpaired) electrons. The summed E-state index contributed by atoms with van der Waals surface area (Å²) in [6.45, 7) is 5.15. The van der Waals surface area contributed by atoms with Crippen LogP contribution >= 0.6 is 0 Å². The van der Waals surface area contributed by atoms with Crippen LogP contribution in [0.5, 0.6) is 0 Å². The van der Waals surface area contributed by atoms with E-state index in [2.05, 4.69) is 17.9 Å². The Balaban J connectivity index is 1.31. The molecule has 144 valence electrons. The third-order valence-corrected chi connectivity index (χ3v) is 6.46. The molecule has 0 N–H and O–H groups in total. The molecule has 27 heavy (non-hydrogen) atoms. The van der Waals surface area contributed by atoms with Crippen molar-refractivity contribution < 1.29 is 14.0 Å². The maximum absolute atomic E-state index is 13.0. The lowest BCUT2D eigenvalue weighted by molar-refractivity contribution is -0.136. The van der Waals surface area contributed by atoms with Gasteiger partial charge in [0.05, 0.1) is 0 Å². The minimum absolute atomic E-state index is 0.0245. The normalized spacial score (nSPS) is 25.9. The van der Waals surface area contributed by atoms with Crippen molar-refractivity contribution in [1.29, 1.82) is 0 Å². The summed E-state index contributed by atoms with van der Waals surface area (Å²) >= 11 is 0. The number of hydrogen-bond acceptors (Lipinski definition) is 2.